The summed E-state index contributed by atoms with van der Waals surface area (Å²) in [6, 6.07) is 6.60. The van der Waals surface area contributed by atoms with Gasteiger partial charge in [-0.05, 0) is 37.8 Å². The molecule has 19 heavy (non-hydrogen) atoms. The Bertz CT molecular complexity index is 423. The van der Waals surface area contributed by atoms with E-state index in [9.17, 15) is 0 Å². The summed E-state index contributed by atoms with van der Waals surface area (Å²) in [6.45, 7) is 7.90. The summed E-state index contributed by atoms with van der Waals surface area (Å²) in [4.78, 5) is 2.54. The van der Waals surface area contributed by atoms with Gasteiger partial charge in [-0.2, -0.15) is 0 Å². The molecule has 0 unspecified atom stereocenters. The molecule has 0 spiro atoms. The summed E-state index contributed by atoms with van der Waals surface area (Å²) in [7, 11) is 0. The number of rotatable bonds is 5. The Kier molecular flexibility index (Phi) is 4.04. The highest BCUT2D eigenvalue weighted by molar-refractivity contribution is 5.37. The summed E-state index contributed by atoms with van der Waals surface area (Å²) < 4.78 is 6.02. The van der Waals surface area contributed by atoms with Crippen LogP contribution in [-0.2, 0) is 6.42 Å². The zero-order chi connectivity index (χ0) is 13.1. The molecule has 2 aliphatic rings. The van der Waals surface area contributed by atoms with Crippen molar-refractivity contribution in [1.29, 1.82) is 0 Å². The van der Waals surface area contributed by atoms with Crippen LogP contribution < -0.4 is 10.1 Å². The maximum atomic E-state index is 6.02. The molecule has 0 bridgehead atoms. The van der Waals surface area contributed by atoms with Gasteiger partial charge in [0.05, 0.1) is 6.10 Å². The summed E-state index contributed by atoms with van der Waals surface area (Å²) in [5.74, 6) is 1.11. The maximum Gasteiger partial charge on any atom is 0.122 e. The minimum Gasteiger partial charge on any atom is -0.490 e. The van der Waals surface area contributed by atoms with E-state index in [4.69, 9.17) is 4.74 Å². The lowest BCUT2D eigenvalue weighted by molar-refractivity contribution is 0.241. The number of nitrogens with one attached hydrogen (secondary N) is 1. The summed E-state index contributed by atoms with van der Waals surface area (Å²) in [5, 5.41) is 3.40. The smallest absolute Gasteiger partial charge is 0.122 e. The normalized spacial score (nSPS) is 20.5. The lowest BCUT2D eigenvalue weighted by atomic mass is 10.1. The molecule has 1 saturated heterocycles. The first kappa shape index (κ1) is 12.9. The maximum absolute atomic E-state index is 6.02. The van der Waals surface area contributed by atoms with Crippen molar-refractivity contribution >= 4 is 0 Å². The van der Waals surface area contributed by atoms with Crippen molar-refractivity contribution in [3.8, 4) is 5.75 Å². The molecule has 0 radical (unpaired) electrons. The van der Waals surface area contributed by atoms with Gasteiger partial charge in [-0.25, -0.2) is 0 Å². The first-order valence-electron chi connectivity index (χ1n) is 7.50. The number of hydrogen-bond donors (Lipinski definition) is 1. The molecule has 1 N–H and O–H groups in total. The van der Waals surface area contributed by atoms with Gasteiger partial charge in [-0.3, -0.25) is 0 Å². The van der Waals surface area contributed by atoms with Crippen molar-refractivity contribution in [1.82, 2.24) is 10.2 Å². The van der Waals surface area contributed by atoms with E-state index in [1.807, 2.05) is 0 Å². The fraction of sp³-hybridized carbons (Fsp3) is 0.625. The van der Waals surface area contributed by atoms with Gasteiger partial charge < -0.3 is 15.0 Å². The molecule has 0 amide bonds. The quantitative estimate of drug-likeness (QED) is 0.876. The summed E-state index contributed by atoms with van der Waals surface area (Å²) in [6.07, 6.45) is 4.04. The first-order valence-corrected chi connectivity index (χ1v) is 7.50. The zero-order valence-electron chi connectivity index (χ0n) is 11.8. The summed E-state index contributed by atoms with van der Waals surface area (Å²) >= 11 is 0. The van der Waals surface area contributed by atoms with Gasteiger partial charge in [0.2, 0.25) is 0 Å². The first-order chi connectivity index (χ1) is 9.31. The highest BCUT2D eigenvalue weighted by atomic mass is 16.5. The molecule has 0 atom stereocenters. The fourth-order valence-electron chi connectivity index (χ4n) is 2.60. The van der Waals surface area contributed by atoms with E-state index < -0.39 is 0 Å². The van der Waals surface area contributed by atoms with Gasteiger partial charge in [-0.1, -0.05) is 17.7 Å². The van der Waals surface area contributed by atoms with E-state index in [0.29, 0.717) is 6.10 Å². The largest absolute Gasteiger partial charge is 0.490 e. The molecule has 3 heteroatoms. The molecule has 1 heterocycles. The van der Waals surface area contributed by atoms with Crippen molar-refractivity contribution < 1.29 is 4.74 Å². The van der Waals surface area contributed by atoms with Crippen LogP contribution in [0.5, 0.6) is 5.75 Å². The van der Waals surface area contributed by atoms with Crippen LogP contribution in [-0.4, -0.2) is 43.7 Å². The van der Waals surface area contributed by atoms with E-state index in [2.05, 4.69) is 35.3 Å². The van der Waals surface area contributed by atoms with E-state index in [1.165, 1.54) is 37.1 Å². The Morgan fingerprint density at radius 3 is 2.79 bits per heavy atom. The number of piperazine rings is 1. The average Bonchev–Trinajstić information content (AvgIpc) is 3.24. The topological polar surface area (TPSA) is 24.5 Å². The molecule has 104 valence electrons. The van der Waals surface area contributed by atoms with E-state index in [1.54, 1.807) is 0 Å². The predicted octanol–water partition coefficient (Wildman–Crippen LogP) is 1.98. The van der Waals surface area contributed by atoms with E-state index in [-0.39, 0.29) is 0 Å². The molecule has 3 rings (SSSR count). The third-order valence-corrected chi connectivity index (χ3v) is 3.94. The van der Waals surface area contributed by atoms with Crippen molar-refractivity contribution in [2.45, 2.75) is 32.3 Å². The van der Waals surface area contributed by atoms with Crippen LogP contribution in [0.4, 0.5) is 0 Å². The average molecular weight is 260 g/mol. The predicted molar refractivity (Wildman–Crippen MR) is 77.8 cm³/mol. The fourth-order valence-corrected chi connectivity index (χ4v) is 2.60. The lowest BCUT2D eigenvalue weighted by Crippen LogP contribution is -2.44. The van der Waals surface area contributed by atoms with E-state index >= 15 is 0 Å². The second-order valence-electron chi connectivity index (χ2n) is 5.77. The minimum absolute atomic E-state index is 0.487. The molecule has 1 saturated carbocycles. The van der Waals surface area contributed by atoms with Gasteiger partial charge >= 0.3 is 0 Å². The van der Waals surface area contributed by atoms with Crippen molar-refractivity contribution in [2.24, 2.45) is 0 Å². The Labute approximate surface area is 115 Å². The molecule has 3 nitrogen and oxygen atoms in total. The van der Waals surface area contributed by atoms with Crippen molar-refractivity contribution in [3.05, 3.63) is 29.3 Å². The van der Waals surface area contributed by atoms with Crippen LogP contribution >= 0.6 is 0 Å². The Morgan fingerprint density at radius 2 is 2.05 bits per heavy atom. The third kappa shape index (κ3) is 3.71. The molecule has 1 aromatic rings. The third-order valence-electron chi connectivity index (χ3n) is 3.94. The second-order valence-corrected chi connectivity index (χ2v) is 5.77. The SMILES string of the molecule is Cc1ccc(OC2CC2)c(CCN2CCNCC2)c1. The Balaban J connectivity index is 1.62. The van der Waals surface area contributed by atoms with Crippen molar-refractivity contribution in [3.63, 3.8) is 0 Å². The van der Waals surface area contributed by atoms with Crippen LogP contribution in [0.15, 0.2) is 18.2 Å². The highest BCUT2D eigenvalue weighted by Gasteiger charge is 2.24. The molecule has 1 aromatic carbocycles. The number of ether oxygens (including phenoxy) is 1. The molecule has 1 aliphatic carbocycles. The monoisotopic (exact) mass is 260 g/mol. The van der Waals surface area contributed by atoms with Crippen LogP contribution in [0.25, 0.3) is 0 Å². The van der Waals surface area contributed by atoms with Gasteiger partial charge in [0.15, 0.2) is 0 Å². The van der Waals surface area contributed by atoms with Gasteiger partial charge in [0.1, 0.15) is 5.75 Å². The van der Waals surface area contributed by atoms with Gasteiger partial charge in [0.25, 0.3) is 0 Å². The van der Waals surface area contributed by atoms with Gasteiger partial charge in [-0.15, -0.1) is 0 Å². The lowest BCUT2D eigenvalue weighted by Gasteiger charge is -2.27. The van der Waals surface area contributed by atoms with Crippen LogP contribution in [0.1, 0.15) is 24.0 Å². The number of nitrogens with zero attached hydrogens (tertiary/aromatic N) is 1. The molecule has 2 fully saturated rings. The Morgan fingerprint density at radius 1 is 1.26 bits per heavy atom. The Hall–Kier alpha value is -1.06. The van der Waals surface area contributed by atoms with Crippen LogP contribution in [0, 0.1) is 6.92 Å². The molecule has 0 aromatic heterocycles. The van der Waals surface area contributed by atoms with Crippen LogP contribution in [0.3, 0.4) is 0 Å². The highest BCUT2D eigenvalue weighted by Crippen LogP contribution is 2.30. The van der Waals surface area contributed by atoms with E-state index in [0.717, 1.165) is 31.8 Å². The number of aryl methyl sites for hydroxylation is 1. The molecular weight excluding hydrogens is 236 g/mol. The second kappa shape index (κ2) is 5.93. The van der Waals surface area contributed by atoms with Gasteiger partial charge in [0, 0.05) is 32.7 Å². The molecule has 1 aliphatic heterocycles. The number of benzene rings is 1. The van der Waals surface area contributed by atoms with Crippen LogP contribution in [0.2, 0.25) is 0 Å². The zero-order valence-corrected chi connectivity index (χ0v) is 11.8. The van der Waals surface area contributed by atoms with Crippen molar-refractivity contribution in [2.75, 3.05) is 32.7 Å². The summed E-state index contributed by atoms with van der Waals surface area (Å²) in [5.41, 5.74) is 2.71. The minimum atomic E-state index is 0.487. The number of hydrogen-bond acceptors (Lipinski definition) is 3. The standard InChI is InChI=1S/C16H24N2O/c1-13-2-5-16(19-15-3-4-15)14(12-13)6-9-18-10-7-17-8-11-18/h2,5,12,15,17H,3-4,6-11H2,1H3. The molecular formula is C16H24N2O.